The summed E-state index contributed by atoms with van der Waals surface area (Å²) in [6, 6.07) is 7.94. The Kier molecular flexibility index (Phi) is 3.69. The van der Waals surface area contributed by atoms with E-state index in [4.69, 9.17) is 14.2 Å². The van der Waals surface area contributed by atoms with Crippen LogP contribution in [0.3, 0.4) is 0 Å². The van der Waals surface area contributed by atoms with Crippen LogP contribution in [0.4, 0.5) is 0 Å². The normalized spacial score (nSPS) is 23.7. The minimum Gasteiger partial charge on any atom is -0.491 e. The van der Waals surface area contributed by atoms with Gasteiger partial charge in [-0.2, -0.15) is 0 Å². The van der Waals surface area contributed by atoms with Crippen LogP contribution in [0.5, 0.6) is 11.5 Å². The second-order valence-electron chi connectivity index (χ2n) is 5.12. The average Bonchev–Trinajstić information content (AvgIpc) is 3.23. The van der Waals surface area contributed by atoms with Crippen LogP contribution in [-0.4, -0.2) is 25.4 Å². The van der Waals surface area contributed by atoms with Crippen molar-refractivity contribution in [2.45, 2.75) is 44.3 Å². The second-order valence-corrected chi connectivity index (χ2v) is 5.12. The van der Waals surface area contributed by atoms with Gasteiger partial charge in [0.25, 0.3) is 0 Å². The Morgan fingerprint density at radius 3 is 2.33 bits per heavy atom. The van der Waals surface area contributed by atoms with Crippen LogP contribution in [0.15, 0.2) is 24.3 Å². The fraction of sp³-hybridized carbons (Fsp3) is 0.600. The van der Waals surface area contributed by atoms with E-state index in [1.54, 1.807) is 0 Å². The quantitative estimate of drug-likeness (QED) is 0.750. The SMILES string of the molecule is c1cc(OC2CCCCC2)ccc1OCC1CO1. The summed E-state index contributed by atoms with van der Waals surface area (Å²) in [6.45, 7) is 1.49. The molecule has 1 aromatic rings. The second kappa shape index (κ2) is 5.61. The number of rotatable bonds is 5. The van der Waals surface area contributed by atoms with Crippen LogP contribution >= 0.6 is 0 Å². The molecule has 1 saturated carbocycles. The highest BCUT2D eigenvalue weighted by Gasteiger charge is 2.23. The van der Waals surface area contributed by atoms with Crippen LogP contribution < -0.4 is 9.47 Å². The highest BCUT2D eigenvalue weighted by Crippen LogP contribution is 2.25. The number of hydrogen-bond donors (Lipinski definition) is 0. The lowest BCUT2D eigenvalue weighted by Gasteiger charge is -2.23. The maximum atomic E-state index is 5.97. The van der Waals surface area contributed by atoms with Crippen molar-refractivity contribution >= 4 is 0 Å². The molecule has 3 nitrogen and oxygen atoms in total. The van der Waals surface area contributed by atoms with Gasteiger partial charge in [0.2, 0.25) is 0 Å². The molecule has 3 heteroatoms. The first-order chi connectivity index (χ1) is 8.90. The zero-order valence-corrected chi connectivity index (χ0v) is 10.6. The molecule has 0 aromatic heterocycles. The van der Waals surface area contributed by atoms with Crippen LogP contribution in [0.2, 0.25) is 0 Å². The van der Waals surface area contributed by atoms with Crippen molar-refractivity contribution in [1.82, 2.24) is 0 Å². The van der Waals surface area contributed by atoms with E-state index in [2.05, 4.69) is 0 Å². The Morgan fingerprint density at radius 1 is 1.00 bits per heavy atom. The fourth-order valence-electron chi connectivity index (χ4n) is 2.34. The molecule has 98 valence electrons. The molecule has 0 spiro atoms. The summed E-state index contributed by atoms with van der Waals surface area (Å²) in [6.07, 6.45) is 7.05. The Balaban J connectivity index is 1.49. The van der Waals surface area contributed by atoms with Crippen molar-refractivity contribution in [3.05, 3.63) is 24.3 Å². The summed E-state index contributed by atoms with van der Waals surface area (Å²) in [5.41, 5.74) is 0. The van der Waals surface area contributed by atoms with E-state index in [-0.39, 0.29) is 0 Å². The van der Waals surface area contributed by atoms with Gasteiger partial charge in [-0.25, -0.2) is 0 Å². The van der Waals surface area contributed by atoms with E-state index in [9.17, 15) is 0 Å². The topological polar surface area (TPSA) is 31.0 Å². The van der Waals surface area contributed by atoms with Crippen LogP contribution in [0.25, 0.3) is 0 Å². The molecule has 18 heavy (non-hydrogen) atoms. The molecule has 2 fully saturated rings. The molecular formula is C15H20O3. The van der Waals surface area contributed by atoms with Gasteiger partial charge in [-0.3, -0.25) is 0 Å². The Morgan fingerprint density at radius 2 is 1.67 bits per heavy atom. The van der Waals surface area contributed by atoms with Crippen molar-refractivity contribution in [3.63, 3.8) is 0 Å². The van der Waals surface area contributed by atoms with Crippen molar-refractivity contribution in [1.29, 1.82) is 0 Å². The first kappa shape index (κ1) is 11.8. The summed E-state index contributed by atoms with van der Waals surface area (Å²) in [5, 5.41) is 0. The molecule has 0 radical (unpaired) electrons. The molecule has 1 atom stereocenters. The summed E-state index contributed by atoms with van der Waals surface area (Å²) >= 11 is 0. The zero-order valence-electron chi connectivity index (χ0n) is 10.6. The molecule has 0 bridgehead atoms. The lowest BCUT2D eigenvalue weighted by atomic mass is 9.98. The Hall–Kier alpha value is -1.22. The summed E-state index contributed by atoms with van der Waals surface area (Å²) in [4.78, 5) is 0. The molecule has 1 saturated heterocycles. The van der Waals surface area contributed by atoms with Gasteiger partial charge < -0.3 is 14.2 Å². The van der Waals surface area contributed by atoms with E-state index < -0.39 is 0 Å². The van der Waals surface area contributed by atoms with Gasteiger partial charge in [0.05, 0.1) is 12.7 Å². The monoisotopic (exact) mass is 248 g/mol. The van der Waals surface area contributed by atoms with Crippen LogP contribution in [-0.2, 0) is 4.74 Å². The zero-order chi connectivity index (χ0) is 12.2. The molecule has 0 N–H and O–H groups in total. The maximum absolute atomic E-state index is 5.97. The standard InChI is InChI=1S/C15H20O3/c1-2-4-13(5-3-1)18-14-8-6-12(7-9-14)16-10-15-11-17-15/h6-9,13,15H,1-5,10-11H2. The van der Waals surface area contributed by atoms with Crippen molar-refractivity contribution in [2.24, 2.45) is 0 Å². The third-order valence-electron chi connectivity index (χ3n) is 3.52. The smallest absolute Gasteiger partial charge is 0.119 e. The molecule has 1 heterocycles. The Labute approximate surface area is 108 Å². The third-order valence-corrected chi connectivity index (χ3v) is 3.52. The van der Waals surface area contributed by atoms with Crippen molar-refractivity contribution in [3.8, 4) is 11.5 Å². The highest BCUT2D eigenvalue weighted by molar-refractivity contribution is 5.31. The molecule has 1 aliphatic carbocycles. The van der Waals surface area contributed by atoms with Gasteiger partial charge in [-0.15, -0.1) is 0 Å². The molecule has 0 amide bonds. The van der Waals surface area contributed by atoms with E-state index >= 15 is 0 Å². The first-order valence-electron chi connectivity index (χ1n) is 6.91. The van der Waals surface area contributed by atoms with Crippen molar-refractivity contribution < 1.29 is 14.2 Å². The minimum absolute atomic E-state index is 0.308. The van der Waals surface area contributed by atoms with E-state index in [0.29, 0.717) is 18.8 Å². The van der Waals surface area contributed by atoms with Gasteiger partial charge in [0.15, 0.2) is 0 Å². The number of epoxide rings is 1. The van der Waals surface area contributed by atoms with Crippen molar-refractivity contribution in [2.75, 3.05) is 13.2 Å². The minimum atomic E-state index is 0.308. The molecule has 1 unspecified atom stereocenters. The number of hydrogen-bond acceptors (Lipinski definition) is 3. The lowest BCUT2D eigenvalue weighted by Crippen LogP contribution is -2.19. The molecule has 2 aliphatic rings. The predicted molar refractivity (Wildman–Crippen MR) is 69.2 cm³/mol. The van der Waals surface area contributed by atoms with E-state index in [1.807, 2.05) is 24.3 Å². The summed E-state index contributed by atoms with van der Waals surface area (Å²) in [7, 11) is 0. The molecule has 3 rings (SSSR count). The van der Waals surface area contributed by atoms with E-state index in [1.165, 1.54) is 32.1 Å². The van der Waals surface area contributed by atoms with Crippen LogP contribution in [0.1, 0.15) is 32.1 Å². The average molecular weight is 248 g/mol. The summed E-state index contributed by atoms with van der Waals surface area (Å²) < 4.78 is 16.7. The van der Waals surface area contributed by atoms with Gasteiger partial charge in [-0.1, -0.05) is 6.42 Å². The summed E-state index contributed by atoms with van der Waals surface area (Å²) in [5.74, 6) is 1.85. The van der Waals surface area contributed by atoms with Gasteiger partial charge in [-0.05, 0) is 49.9 Å². The largest absolute Gasteiger partial charge is 0.491 e. The predicted octanol–water partition coefficient (Wildman–Crippen LogP) is 3.18. The lowest BCUT2D eigenvalue weighted by molar-refractivity contribution is 0.155. The third kappa shape index (κ3) is 3.39. The van der Waals surface area contributed by atoms with E-state index in [0.717, 1.165) is 18.1 Å². The van der Waals surface area contributed by atoms with Crippen LogP contribution in [0, 0.1) is 0 Å². The maximum Gasteiger partial charge on any atom is 0.119 e. The van der Waals surface area contributed by atoms with Gasteiger partial charge in [0, 0.05) is 0 Å². The highest BCUT2D eigenvalue weighted by atomic mass is 16.6. The molecular weight excluding hydrogens is 228 g/mol. The number of benzene rings is 1. The first-order valence-corrected chi connectivity index (χ1v) is 6.91. The van der Waals surface area contributed by atoms with Gasteiger partial charge in [0.1, 0.15) is 24.2 Å². The molecule has 1 aliphatic heterocycles. The molecule has 1 aromatic carbocycles. The fourth-order valence-corrected chi connectivity index (χ4v) is 2.34. The van der Waals surface area contributed by atoms with Gasteiger partial charge >= 0.3 is 0 Å². The Bertz CT molecular complexity index is 364. The number of ether oxygens (including phenoxy) is 3.